The van der Waals surface area contributed by atoms with E-state index < -0.39 is 10.0 Å². The summed E-state index contributed by atoms with van der Waals surface area (Å²) in [5.41, 5.74) is 3.17. The average molecular weight is 405 g/mol. The maximum Gasteiger partial charge on any atom is 0.215 e. The molecular formula is C21H28N2O4S. The van der Waals surface area contributed by atoms with Gasteiger partial charge in [0.2, 0.25) is 10.0 Å². The van der Waals surface area contributed by atoms with Crippen LogP contribution in [0, 0.1) is 0 Å². The first-order chi connectivity index (χ1) is 13.6. The van der Waals surface area contributed by atoms with E-state index in [2.05, 4.69) is 33.9 Å². The number of sulfonamides is 1. The molecule has 6 nitrogen and oxygen atoms in total. The summed E-state index contributed by atoms with van der Waals surface area (Å²) >= 11 is 0. The van der Waals surface area contributed by atoms with Crippen LogP contribution in [0.1, 0.15) is 17.5 Å². The molecule has 0 aromatic heterocycles. The number of methoxy groups -OCH3 is 1. The van der Waals surface area contributed by atoms with Crippen molar-refractivity contribution in [1.29, 1.82) is 0 Å². The number of nitrogens with zero attached hydrogens (tertiary/aromatic N) is 1. The highest BCUT2D eigenvalue weighted by Crippen LogP contribution is 2.17. The molecule has 28 heavy (non-hydrogen) atoms. The molecule has 2 aromatic rings. The lowest BCUT2D eigenvalue weighted by atomic mass is 10.1. The molecule has 7 heteroatoms. The normalized spacial score (nSPS) is 14.8. The fourth-order valence-corrected chi connectivity index (χ4v) is 4.40. The Morgan fingerprint density at radius 3 is 2.29 bits per heavy atom. The monoisotopic (exact) mass is 404 g/mol. The quantitative estimate of drug-likeness (QED) is 0.651. The molecule has 1 aliphatic rings. The van der Waals surface area contributed by atoms with E-state index in [4.69, 9.17) is 9.47 Å². The van der Waals surface area contributed by atoms with Crippen LogP contribution in [0.25, 0.3) is 0 Å². The fraction of sp³-hybridized carbons (Fsp3) is 0.429. The molecule has 1 aliphatic heterocycles. The number of hydrogen-bond donors (Lipinski definition) is 1. The van der Waals surface area contributed by atoms with Gasteiger partial charge in [0.05, 0.1) is 26.1 Å². The van der Waals surface area contributed by atoms with Gasteiger partial charge in [0.1, 0.15) is 5.75 Å². The number of benzene rings is 2. The first-order valence-electron chi connectivity index (χ1n) is 9.58. The lowest BCUT2D eigenvalue weighted by Gasteiger charge is -2.28. The third-order valence-corrected chi connectivity index (χ3v) is 6.15. The molecule has 0 unspecified atom stereocenters. The molecule has 0 aliphatic carbocycles. The largest absolute Gasteiger partial charge is 0.497 e. The van der Waals surface area contributed by atoms with Gasteiger partial charge in [-0.05, 0) is 48.2 Å². The van der Waals surface area contributed by atoms with Crippen molar-refractivity contribution in [3.63, 3.8) is 0 Å². The Morgan fingerprint density at radius 2 is 1.64 bits per heavy atom. The minimum Gasteiger partial charge on any atom is -0.497 e. The highest BCUT2D eigenvalue weighted by molar-refractivity contribution is 7.88. The smallest absolute Gasteiger partial charge is 0.215 e. The summed E-state index contributed by atoms with van der Waals surface area (Å²) in [6.07, 6.45) is 1.60. The van der Waals surface area contributed by atoms with Gasteiger partial charge in [-0.15, -0.1) is 0 Å². The van der Waals surface area contributed by atoms with Crippen molar-refractivity contribution in [2.45, 2.75) is 18.6 Å². The molecular weight excluding hydrogens is 376 g/mol. The van der Waals surface area contributed by atoms with Crippen LogP contribution in [0.15, 0.2) is 48.5 Å². The standard InChI is InChI=1S/C21H28N2O4S/c1-26-21-10-6-19(7-11-21)17-28(24,25)22-12-2-3-18-4-8-20(9-5-18)23-13-15-27-16-14-23/h4-11,22H,2-3,12-17H2,1H3. The number of rotatable bonds is 9. The van der Waals surface area contributed by atoms with Crippen molar-refractivity contribution in [2.75, 3.05) is 44.9 Å². The van der Waals surface area contributed by atoms with E-state index in [0.717, 1.165) is 44.7 Å². The van der Waals surface area contributed by atoms with Gasteiger partial charge in [-0.3, -0.25) is 0 Å². The van der Waals surface area contributed by atoms with Crippen LogP contribution in [-0.4, -0.2) is 48.4 Å². The van der Waals surface area contributed by atoms with Crippen molar-refractivity contribution in [3.05, 3.63) is 59.7 Å². The molecule has 0 amide bonds. The van der Waals surface area contributed by atoms with Crippen molar-refractivity contribution >= 4 is 15.7 Å². The molecule has 1 saturated heterocycles. The third kappa shape index (κ3) is 6.22. The molecule has 0 atom stereocenters. The van der Waals surface area contributed by atoms with Crippen LogP contribution >= 0.6 is 0 Å². The minimum absolute atomic E-state index is 0.0226. The Morgan fingerprint density at radius 1 is 1.00 bits per heavy atom. The fourth-order valence-electron chi connectivity index (χ4n) is 3.21. The SMILES string of the molecule is COc1ccc(CS(=O)(=O)NCCCc2ccc(N3CCOCC3)cc2)cc1. The predicted molar refractivity (Wildman–Crippen MR) is 111 cm³/mol. The number of ether oxygens (including phenoxy) is 2. The second-order valence-corrected chi connectivity index (χ2v) is 8.68. The summed E-state index contributed by atoms with van der Waals surface area (Å²) < 4.78 is 37.6. The van der Waals surface area contributed by atoms with Crippen molar-refractivity contribution in [1.82, 2.24) is 4.72 Å². The van der Waals surface area contributed by atoms with Gasteiger partial charge < -0.3 is 14.4 Å². The zero-order valence-corrected chi connectivity index (χ0v) is 17.1. The van der Waals surface area contributed by atoms with Crippen molar-refractivity contribution in [2.24, 2.45) is 0 Å². The molecule has 2 aromatic carbocycles. The van der Waals surface area contributed by atoms with Gasteiger partial charge in [-0.25, -0.2) is 13.1 Å². The van der Waals surface area contributed by atoms with Gasteiger partial charge in [-0.1, -0.05) is 24.3 Å². The highest BCUT2D eigenvalue weighted by atomic mass is 32.2. The van der Waals surface area contributed by atoms with Crippen LogP contribution in [0.5, 0.6) is 5.75 Å². The Hall–Kier alpha value is -2.09. The van der Waals surface area contributed by atoms with Crippen LogP contribution in [0.3, 0.4) is 0 Å². The number of nitrogens with one attached hydrogen (secondary N) is 1. The molecule has 1 fully saturated rings. The van der Waals surface area contributed by atoms with E-state index >= 15 is 0 Å². The number of morpholine rings is 1. The predicted octanol–water partition coefficient (Wildman–Crippen LogP) is 2.58. The van der Waals surface area contributed by atoms with Gasteiger partial charge in [0, 0.05) is 25.3 Å². The molecule has 3 rings (SSSR count). The second kappa shape index (κ2) is 9.91. The molecule has 0 spiro atoms. The van der Waals surface area contributed by atoms with Gasteiger partial charge in [0.25, 0.3) is 0 Å². The summed E-state index contributed by atoms with van der Waals surface area (Å²) in [6, 6.07) is 15.6. The first kappa shape index (κ1) is 20.6. The van der Waals surface area contributed by atoms with E-state index in [1.54, 1.807) is 31.4 Å². The minimum atomic E-state index is -3.34. The Bertz CT molecular complexity index is 830. The van der Waals surface area contributed by atoms with Gasteiger partial charge in [0.15, 0.2) is 0 Å². The molecule has 0 saturated carbocycles. The molecule has 1 heterocycles. The summed E-state index contributed by atoms with van der Waals surface area (Å²) in [5.74, 6) is 0.694. The summed E-state index contributed by atoms with van der Waals surface area (Å²) in [5, 5.41) is 0. The molecule has 152 valence electrons. The molecule has 0 radical (unpaired) electrons. The first-order valence-corrected chi connectivity index (χ1v) is 11.2. The lowest BCUT2D eigenvalue weighted by molar-refractivity contribution is 0.122. The summed E-state index contributed by atoms with van der Waals surface area (Å²) in [7, 11) is -1.75. The van der Waals surface area contributed by atoms with E-state index in [-0.39, 0.29) is 5.75 Å². The van der Waals surface area contributed by atoms with E-state index in [1.165, 1.54) is 11.3 Å². The zero-order chi connectivity index (χ0) is 19.8. The second-order valence-electron chi connectivity index (χ2n) is 6.87. The maximum atomic E-state index is 12.2. The van der Waals surface area contributed by atoms with E-state index in [9.17, 15) is 8.42 Å². The summed E-state index contributed by atoms with van der Waals surface area (Å²) in [6.45, 7) is 3.84. The van der Waals surface area contributed by atoms with E-state index in [0.29, 0.717) is 12.3 Å². The van der Waals surface area contributed by atoms with Crippen LogP contribution < -0.4 is 14.4 Å². The Balaban J connectivity index is 1.41. The molecule has 1 N–H and O–H groups in total. The average Bonchev–Trinajstić information content (AvgIpc) is 2.73. The van der Waals surface area contributed by atoms with Crippen LogP contribution in [0.4, 0.5) is 5.69 Å². The van der Waals surface area contributed by atoms with E-state index in [1.807, 2.05) is 0 Å². The maximum absolute atomic E-state index is 12.2. The molecule has 0 bridgehead atoms. The van der Waals surface area contributed by atoms with Gasteiger partial charge >= 0.3 is 0 Å². The van der Waals surface area contributed by atoms with Crippen molar-refractivity contribution < 1.29 is 17.9 Å². The Kier molecular flexibility index (Phi) is 7.30. The summed E-state index contributed by atoms with van der Waals surface area (Å²) in [4.78, 5) is 2.32. The Labute approximate surface area is 167 Å². The lowest BCUT2D eigenvalue weighted by Crippen LogP contribution is -2.36. The van der Waals surface area contributed by atoms with Crippen LogP contribution in [0.2, 0.25) is 0 Å². The number of anilines is 1. The third-order valence-electron chi connectivity index (χ3n) is 4.79. The van der Waals surface area contributed by atoms with Crippen LogP contribution in [-0.2, 0) is 26.9 Å². The van der Waals surface area contributed by atoms with Crippen molar-refractivity contribution in [3.8, 4) is 5.75 Å². The number of hydrogen-bond acceptors (Lipinski definition) is 5. The highest BCUT2D eigenvalue weighted by Gasteiger charge is 2.12. The number of aryl methyl sites for hydroxylation is 1. The van der Waals surface area contributed by atoms with Gasteiger partial charge in [-0.2, -0.15) is 0 Å². The topological polar surface area (TPSA) is 67.9 Å². The zero-order valence-electron chi connectivity index (χ0n) is 16.3.